The van der Waals surface area contributed by atoms with Gasteiger partial charge in [0.15, 0.2) is 11.6 Å². The van der Waals surface area contributed by atoms with Gasteiger partial charge in [0.2, 0.25) is 0 Å². The molecule has 1 aromatic carbocycles. The highest BCUT2D eigenvalue weighted by Gasteiger charge is 2.06. The summed E-state index contributed by atoms with van der Waals surface area (Å²) < 4.78 is 18.3. The Labute approximate surface area is 72.2 Å². The second kappa shape index (κ2) is 3.57. The van der Waals surface area contributed by atoms with Gasteiger partial charge in [0.25, 0.3) is 0 Å². The van der Waals surface area contributed by atoms with Crippen LogP contribution in [-0.4, -0.2) is 6.61 Å². The van der Waals surface area contributed by atoms with Gasteiger partial charge in [-0.2, -0.15) is 0 Å². The van der Waals surface area contributed by atoms with Crippen LogP contribution in [0.15, 0.2) is 12.1 Å². The fraction of sp³-hybridized carbons (Fsp3) is 0.400. The summed E-state index contributed by atoms with van der Waals surface area (Å²) in [5, 5.41) is 0. The SMILES string of the molecule is CCOc1c(C)cc(C)cc1F. The number of aryl methyl sites for hydroxylation is 2. The first-order valence-corrected chi connectivity index (χ1v) is 4.04. The molecule has 0 aliphatic rings. The number of hydrogen-bond donors (Lipinski definition) is 0. The molecule has 1 aromatic rings. The number of hydrogen-bond acceptors (Lipinski definition) is 1. The van der Waals surface area contributed by atoms with Gasteiger partial charge < -0.3 is 4.74 Å². The second-order valence-corrected chi connectivity index (χ2v) is 2.83. The van der Waals surface area contributed by atoms with E-state index in [1.807, 2.05) is 26.8 Å². The zero-order valence-corrected chi connectivity index (χ0v) is 7.65. The van der Waals surface area contributed by atoms with Crippen LogP contribution < -0.4 is 4.74 Å². The average molecular weight is 168 g/mol. The minimum Gasteiger partial charge on any atom is -0.491 e. The first kappa shape index (κ1) is 9.04. The lowest BCUT2D eigenvalue weighted by molar-refractivity contribution is 0.319. The molecule has 0 saturated heterocycles. The molecule has 0 saturated carbocycles. The molecule has 0 fully saturated rings. The van der Waals surface area contributed by atoms with Gasteiger partial charge in [0.05, 0.1) is 6.61 Å². The topological polar surface area (TPSA) is 9.23 Å². The van der Waals surface area contributed by atoms with E-state index in [2.05, 4.69) is 0 Å². The molecule has 0 amide bonds. The highest BCUT2D eigenvalue weighted by Crippen LogP contribution is 2.23. The summed E-state index contributed by atoms with van der Waals surface area (Å²) in [6.07, 6.45) is 0. The zero-order valence-electron chi connectivity index (χ0n) is 7.65. The van der Waals surface area contributed by atoms with Crippen molar-refractivity contribution in [3.63, 3.8) is 0 Å². The van der Waals surface area contributed by atoms with Gasteiger partial charge in [0.1, 0.15) is 0 Å². The monoisotopic (exact) mass is 168 g/mol. The molecule has 66 valence electrons. The largest absolute Gasteiger partial charge is 0.491 e. The van der Waals surface area contributed by atoms with Gasteiger partial charge in [-0.3, -0.25) is 0 Å². The molecule has 12 heavy (non-hydrogen) atoms. The molecule has 0 spiro atoms. The predicted octanol–water partition coefficient (Wildman–Crippen LogP) is 2.84. The van der Waals surface area contributed by atoms with Crippen LogP contribution in [0.4, 0.5) is 4.39 Å². The molecule has 0 heterocycles. The van der Waals surface area contributed by atoms with Crippen molar-refractivity contribution < 1.29 is 9.13 Å². The molecule has 0 unspecified atom stereocenters. The first-order valence-electron chi connectivity index (χ1n) is 4.04. The molecule has 0 aliphatic heterocycles. The lowest BCUT2D eigenvalue weighted by Crippen LogP contribution is -1.97. The summed E-state index contributed by atoms with van der Waals surface area (Å²) in [6, 6.07) is 3.39. The molecule has 0 aromatic heterocycles. The summed E-state index contributed by atoms with van der Waals surface area (Å²) in [4.78, 5) is 0. The van der Waals surface area contributed by atoms with Crippen LogP contribution in [0.3, 0.4) is 0 Å². The fourth-order valence-corrected chi connectivity index (χ4v) is 1.23. The minimum absolute atomic E-state index is 0.269. The first-order chi connectivity index (χ1) is 5.65. The highest BCUT2D eigenvalue weighted by atomic mass is 19.1. The third kappa shape index (κ3) is 1.76. The average Bonchev–Trinajstić information content (AvgIpc) is 1.96. The van der Waals surface area contributed by atoms with Crippen LogP contribution in [0.25, 0.3) is 0 Å². The Morgan fingerprint density at radius 3 is 2.50 bits per heavy atom. The van der Waals surface area contributed by atoms with E-state index in [1.165, 1.54) is 6.07 Å². The number of rotatable bonds is 2. The molecule has 0 N–H and O–H groups in total. The smallest absolute Gasteiger partial charge is 0.165 e. The van der Waals surface area contributed by atoms with Gasteiger partial charge in [-0.25, -0.2) is 4.39 Å². The van der Waals surface area contributed by atoms with E-state index in [9.17, 15) is 4.39 Å². The number of ether oxygens (including phenoxy) is 1. The third-order valence-electron chi connectivity index (χ3n) is 1.66. The van der Waals surface area contributed by atoms with Gasteiger partial charge >= 0.3 is 0 Å². The van der Waals surface area contributed by atoms with Gasteiger partial charge in [-0.05, 0) is 38.0 Å². The van der Waals surface area contributed by atoms with Crippen molar-refractivity contribution in [2.75, 3.05) is 6.61 Å². The Morgan fingerprint density at radius 2 is 2.00 bits per heavy atom. The molecular formula is C10H13FO. The van der Waals surface area contributed by atoms with Crippen LogP contribution in [-0.2, 0) is 0 Å². The van der Waals surface area contributed by atoms with Crippen molar-refractivity contribution in [3.05, 3.63) is 29.1 Å². The van der Waals surface area contributed by atoms with E-state index in [-0.39, 0.29) is 5.82 Å². The Balaban J connectivity index is 3.10. The number of halogens is 1. The standard InChI is InChI=1S/C10H13FO/c1-4-12-10-8(3)5-7(2)6-9(10)11/h5-6H,4H2,1-3H3. The van der Waals surface area contributed by atoms with Crippen molar-refractivity contribution in [1.29, 1.82) is 0 Å². The van der Waals surface area contributed by atoms with Gasteiger partial charge in [0, 0.05) is 0 Å². The zero-order chi connectivity index (χ0) is 9.14. The van der Waals surface area contributed by atoms with Gasteiger partial charge in [-0.1, -0.05) is 6.07 Å². The summed E-state index contributed by atoms with van der Waals surface area (Å²) in [5.74, 6) is 0.109. The fourth-order valence-electron chi connectivity index (χ4n) is 1.23. The van der Waals surface area contributed by atoms with Crippen LogP contribution in [0.5, 0.6) is 5.75 Å². The molecule has 0 aliphatic carbocycles. The maximum absolute atomic E-state index is 13.2. The number of benzene rings is 1. The van der Waals surface area contributed by atoms with E-state index >= 15 is 0 Å². The lowest BCUT2D eigenvalue weighted by atomic mass is 10.1. The quantitative estimate of drug-likeness (QED) is 0.659. The van der Waals surface area contributed by atoms with E-state index in [1.54, 1.807) is 0 Å². The molecule has 0 radical (unpaired) electrons. The Bertz CT molecular complexity index is 258. The third-order valence-corrected chi connectivity index (χ3v) is 1.66. The van der Waals surface area contributed by atoms with E-state index in [0.717, 1.165) is 11.1 Å². The van der Waals surface area contributed by atoms with Crippen molar-refractivity contribution in [1.82, 2.24) is 0 Å². The van der Waals surface area contributed by atoms with Crippen molar-refractivity contribution >= 4 is 0 Å². The van der Waals surface area contributed by atoms with Crippen molar-refractivity contribution in [2.45, 2.75) is 20.8 Å². The van der Waals surface area contributed by atoms with E-state index in [4.69, 9.17) is 4.74 Å². The van der Waals surface area contributed by atoms with Crippen molar-refractivity contribution in [3.8, 4) is 5.75 Å². The van der Waals surface area contributed by atoms with Crippen LogP contribution in [0, 0.1) is 19.7 Å². The molecule has 0 atom stereocenters. The summed E-state index contributed by atoms with van der Waals surface area (Å²) in [7, 11) is 0. The summed E-state index contributed by atoms with van der Waals surface area (Å²) in [5.41, 5.74) is 1.78. The second-order valence-electron chi connectivity index (χ2n) is 2.83. The van der Waals surface area contributed by atoms with E-state index in [0.29, 0.717) is 12.4 Å². The maximum Gasteiger partial charge on any atom is 0.165 e. The molecular weight excluding hydrogens is 155 g/mol. The lowest BCUT2D eigenvalue weighted by Gasteiger charge is -2.08. The Morgan fingerprint density at radius 1 is 1.33 bits per heavy atom. The molecule has 0 bridgehead atoms. The maximum atomic E-state index is 13.2. The van der Waals surface area contributed by atoms with Crippen LogP contribution in [0.2, 0.25) is 0 Å². The normalized spacial score (nSPS) is 10.0. The summed E-state index contributed by atoms with van der Waals surface area (Å²) in [6.45, 7) is 6.06. The molecule has 2 heteroatoms. The van der Waals surface area contributed by atoms with Crippen molar-refractivity contribution in [2.24, 2.45) is 0 Å². The van der Waals surface area contributed by atoms with E-state index < -0.39 is 0 Å². The Kier molecular flexibility index (Phi) is 2.69. The molecule has 1 nitrogen and oxygen atoms in total. The summed E-state index contributed by atoms with van der Waals surface area (Å²) >= 11 is 0. The molecule has 1 rings (SSSR count). The Hall–Kier alpha value is -1.05. The predicted molar refractivity (Wildman–Crippen MR) is 47.0 cm³/mol. The minimum atomic E-state index is -0.269. The van der Waals surface area contributed by atoms with Gasteiger partial charge in [-0.15, -0.1) is 0 Å². The van der Waals surface area contributed by atoms with Crippen LogP contribution >= 0.6 is 0 Å². The van der Waals surface area contributed by atoms with Crippen LogP contribution in [0.1, 0.15) is 18.1 Å². The highest BCUT2D eigenvalue weighted by molar-refractivity contribution is 5.37.